The summed E-state index contributed by atoms with van der Waals surface area (Å²) in [6.07, 6.45) is 2.80. The number of nitrogens with one attached hydrogen (secondary N) is 1. The molecule has 2 aliphatic rings. The molecule has 4 nitrogen and oxygen atoms in total. The van der Waals surface area contributed by atoms with Crippen LogP contribution in [0.4, 0.5) is 0 Å². The first-order chi connectivity index (χ1) is 7.55. The maximum Gasteiger partial charge on any atom is 0.157 e. The molecule has 2 unspecified atom stereocenters. The summed E-state index contributed by atoms with van der Waals surface area (Å²) in [6.45, 7) is 2.13. The topological polar surface area (TPSA) is 58.5 Å². The largest absolute Gasteiger partial charge is 0.362 e. The van der Waals surface area contributed by atoms with Crippen LogP contribution in [-0.4, -0.2) is 42.9 Å². The Kier molecular flexibility index (Phi) is 3.79. The van der Waals surface area contributed by atoms with Gasteiger partial charge in [-0.15, -0.1) is 0 Å². The molecule has 16 heavy (non-hydrogen) atoms. The van der Waals surface area contributed by atoms with Crippen LogP contribution in [0.15, 0.2) is 4.99 Å². The molecule has 6 heteroatoms. The predicted octanol–water partition coefficient (Wildman–Crippen LogP) is 1.03. The first kappa shape index (κ1) is 12.2. The fourth-order valence-corrected chi connectivity index (χ4v) is 4.77. The van der Waals surface area contributed by atoms with E-state index in [4.69, 9.17) is 0 Å². The summed E-state index contributed by atoms with van der Waals surface area (Å²) in [6, 6.07) is 0.430. The Morgan fingerprint density at radius 3 is 2.94 bits per heavy atom. The predicted molar refractivity (Wildman–Crippen MR) is 68.8 cm³/mol. The Bertz CT molecular complexity index is 378. The lowest BCUT2D eigenvalue weighted by atomic mass is 10.2. The van der Waals surface area contributed by atoms with Crippen LogP contribution >= 0.6 is 11.8 Å². The van der Waals surface area contributed by atoms with Crippen LogP contribution < -0.4 is 5.32 Å². The van der Waals surface area contributed by atoms with E-state index in [-0.39, 0.29) is 11.8 Å². The molecule has 0 bridgehead atoms. The lowest BCUT2D eigenvalue weighted by Gasteiger charge is -2.25. The van der Waals surface area contributed by atoms with Crippen LogP contribution in [0, 0.1) is 0 Å². The van der Waals surface area contributed by atoms with E-state index in [0.717, 1.165) is 30.2 Å². The summed E-state index contributed by atoms with van der Waals surface area (Å²) in [7, 11) is -2.84. The lowest BCUT2D eigenvalue weighted by molar-refractivity contribution is 0.551. The average Bonchev–Trinajstić information content (AvgIpc) is 2.15. The number of rotatable bonds is 1. The molecule has 2 aliphatic heterocycles. The SMILES string of the molecule is CC1CCSC(=NC2CCCS(=O)(=O)C2)N1. The van der Waals surface area contributed by atoms with Gasteiger partial charge in [-0.25, -0.2) is 8.42 Å². The molecule has 2 rings (SSSR count). The fraction of sp³-hybridized carbons (Fsp3) is 0.900. The van der Waals surface area contributed by atoms with E-state index >= 15 is 0 Å². The summed E-state index contributed by atoms with van der Waals surface area (Å²) >= 11 is 1.70. The van der Waals surface area contributed by atoms with Gasteiger partial charge in [-0.05, 0) is 26.2 Å². The highest BCUT2D eigenvalue weighted by molar-refractivity contribution is 8.13. The van der Waals surface area contributed by atoms with Crippen LogP contribution in [-0.2, 0) is 9.84 Å². The molecule has 0 aromatic rings. The Labute approximate surface area is 101 Å². The molecule has 92 valence electrons. The Hall–Kier alpha value is -0.230. The molecule has 1 N–H and O–H groups in total. The second-order valence-electron chi connectivity index (χ2n) is 4.53. The van der Waals surface area contributed by atoms with Crippen molar-refractivity contribution in [3.63, 3.8) is 0 Å². The van der Waals surface area contributed by atoms with Gasteiger partial charge >= 0.3 is 0 Å². The standard InChI is InChI=1S/C10H18N2O2S2/c1-8-4-5-15-10(11-8)12-9-3-2-6-16(13,14)7-9/h8-9H,2-7H2,1H3,(H,11,12). The molecule has 2 saturated heterocycles. The number of amidine groups is 1. The van der Waals surface area contributed by atoms with Crippen molar-refractivity contribution in [2.75, 3.05) is 17.3 Å². The summed E-state index contributed by atoms with van der Waals surface area (Å²) in [5.74, 6) is 1.64. The van der Waals surface area contributed by atoms with Crippen molar-refractivity contribution in [3.05, 3.63) is 0 Å². The van der Waals surface area contributed by atoms with E-state index in [0.29, 0.717) is 11.8 Å². The van der Waals surface area contributed by atoms with Crippen LogP contribution in [0.2, 0.25) is 0 Å². The highest BCUT2D eigenvalue weighted by Gasteiger charge is 2.25. The number of hydrogen-bond acceptors (Lipinski definition) is 4. The number of sulfone groups is 1. The van der Waals surface area contributed by atoms with E-state index in [9.17, 15) is 8.42 Å². The number of nitrogens with zero attached hydrogens (tertiary/aromatic N) is 1. The summed E-state index contributed by atoms with van der Waals surface area (Å²) in [4.78, 5) is 4.53. The van der Waals surface area contributed by atoms with Gasteiger partial charge < -0.3 is 5.32 Å². The minimum Gasteiger partial charge on any atom is -0.362 e. The normalized spacial score (nSPS) is 36.9. The number of thioether (sulfide) groups is 1. The van der Waals surface area contributed by atoms with Gasteiger partial charge in [0.25, 0.3) is 0 Å². The van der Waals surface area contributed by atoms with Crippen molar-refractivity contribution in [2.24, 2.45) is 4.99 Å². The molecule has 0 aromatic heterocycles. The average molecular weight is 262 g/mol. The minimum atomic E-state index is -2.84. The maximum absolute atomic E-state index is 11.5. The third-order valence-corrected chi connectivity index (χ3v) is 5.64. The molecule has 0 radical (unpaired) electrons. The molecule has 2 atom stereocenters. The van der Waals surface area contributed by atoms with Gasteiger partial charge in [0.1, 0.15) is 0 Å². The van der Waals surface area contributed by atoms with Crippen molar-refractivity contribution in [1.82, 2.24) is 5.32 Å². The second-order valence-corrected chi connectivity index (χ2v) is 7.84. The molecule has 2 fully saturated rings. The summed E-state index contributed by atoms with van der Waals surface area (Å²) in [5.41, 5.74) is 0. The first-order valence-electron chi connectivity index (χ1n) is 5.73. The summed E-state index contributed by atoms with van der Waals surface area (Å²) < 4.78 is 22.9. The van der Waals surface area contributed by atoms with E-state index in [1.54, 1.807) is 11.8 Å². The third-order valence-electron chi connectivity index (χ3n) is 2.90. The van der Waals surface area contributed by atoms with Crippen LogP contribution in [0.1, 0.15) is 26.2 Å². The van der Waals surface area contributed by atoms with E-state index < -0.39 is 9.84 Å². The molecule has 0 saturated carbocycles. The zero-order chi connectivity index (χ0) is 11.6. The molecule has 0 aromatic carbocycles. The van der Waals surface area contributed by atoms with Crippen LogP contribution in [0.3, 0.4) is 0 Å². The Morgan fingerprint density at radius 2 is 2.25 bits per heavy atom. The van der Waals surface area contributed by atoms with Crippen molar-refractivity contribution < 1.29 is 8.42 Å². The first-order valence-corrected chi connectivity index (χ1v) is 8.53. The fourth-order valence-electron chi connectivity index (χ4n) is 2.00. The number of hydrogen-bond donors (Lipinski definition) is 1. The zero-order valence-electron chi connectivity index (χ0n) is 9.48. The molecule has 0 spiro atoms. The molecular formula is C10H18N2O2S2. The van der Waals surface area contributed by atoms with Gasteiger partial charge in [0.05, 0.1) is 17.5 Å². The third kappa shape index (κ3) is 3.38. The van der Waals surface area contributed by atoms with Gasteiger partial charge in [-0.1, -0.05) is 11.8 Å². The van der Waals surface area contributed by atoms with Gasteiger partial charge in [0.2, 0.25) is 0 Å². The van der Waals surface area contributed by atoms with Gasteiger partial charge in [0, 0.05) is 11.8 Å². The summed E-state index contributed by atoms with van der Waals surface area (Å²) in [5, 5.41) is 4.24. The second kappa shape index (κ2) is 4.96. The van der Waals surface area contributed by atoms with Crippen molar-refractivity contribution in [1.29, 1.82) is 0 Å². The van der Waals surface area contributed by atoms with Gasteiger partial charge in [-0.3, -0.25) is 4.99 Å². The minimum absolute atomic E-state index is 0.0287. The highest BCUT2D eigenvalue weighted by atomic mass is 32.2. The maximum atomic E-state index is 11.5. The number of aliphatic imine (C=N–C) groups is 1. The zero-order valence-corrected chi connectivity index (χ0v) is 11.1. The Morgan fingerprint density at radius 1 is 1.44 bits per heavy atom. The van der Waals surface area contributed by atoms with Crippen molar-refractivity contribution >= 4 is 26.8 Å². The van der Waals surface area contributed by atoms with Crippen molar-refractivity contribution in [2.45, 2.75) is 38.3 Å². The molecular weight excluding hydrogens is 244 g/mol. The Balaban J connectivity index is 2.00. The van der Waals surface area contributed by atoms with Crippen molar-refractivity contribution in [3.8, 4) is 0 Å². The lowest BCUT2D eigenvalue weighted by Crippen LogP contribution is -2.37. The monoisotopic (exact) mass is 262 g/mol. The smallest absolute Gasteiger partial charge is 0.157 e. The molecule has 0 amide bonds. The van der Waals surface area contributed by atoms with E-state index in [1.165, 1.54) is 0 Å². The van der Waals surface area contributed by atoms with E-state index in [2.05, 4.69) is 17.2 Å². The van der Waals surface area contributed by atoms with E-state index in [1.807, 2.05) is 0 Å². The molecule has 0 aliphatic carbocycles. The highest BCUT2D eigenvalue weighted by Crippen LogP contribution is 2.19. The van der Waals surface area contributed by atoms with Crippen LogP contribution in [0.5, 0.6) is 0 Å². The molecule has 2 heterocycles. The van der Waals surface area contributed by atoms with Gasteiger partial charge in [0.15, 0.2) is 15.0 Å². The quantitative estimate of drug-likeness (QED) is 0.767. The van der Waals surface area contributed by atoms with Crippen LogP contribution in [0.25, 0.3) is 0 Å². The van der Waals surface area contributed by atoms with Gasteiger partial charge in [-0.2, -0.15) is 0 Å².